The van der Waals surface area contributed by atoms with Gasteiger partial charge in [0, 0.05) is 37.1 Å². The van der Waals surface area contributed by atoms with E-state index in [0.29, 0.717) is 43.1 Å². The summed E-state index contributed by atoms with van der Waals surface area (Å²) < 4.78 is 34.3. The Kier molecular flexibility index (Phi) is 6.40. The Morgan fingerprint density at radius 2 is 1.78 bits per heavy atom. The summed E-state index contributed by atoms with van der Waals surface area (Å²) in [6.07, 6.45) is 5.41. The van der Waals surface area contributed by atoms with E-state index < -0.39 is 15.9 Å². The van der Waals surface area contributed by atoms with Crippen LogP contribution in [0.5, 0.6) is 0 Å². The Balaban J connectivity index is 1.84. The van der Waals surface area contributed by atoms with Crippen molar-refractivity contribution in [2.75, 3.05) is 31.2 Å². The number of nitrogens with one attached hydrogen (secondary N) is 1. The number of morpholine rings is 1. The topological polar surface area (TPSA) is 101 Å². The number of anilines is 1. The number of ether oxygens (including phenoxy) is 1. The maximum absolute atomic E-state index is 13.9. The largest absolute Gasteiger partial charge is 0.378 e. The molecule has 4 rings (SSSR count). The summed E-state index contributed by atoms with van der Waals surface area (Å²) in [6.45, 7) is 2.24. The molecule has 0 unspecified atom stereocenters. The minimum Gasteiger partial charge on any atom is -0.378 e. The Bertz CT molecular complexity index is 1230. The highest BCUT2D eigenvalue weighted by Crippen LogP contribution is 2.37. The third kappa shape index (κ3) is 4.45. The van der Waals surface area contributed by atoms with Gasteiger partial charge in [0.05, 0.1) is 18.9 Å². The maximum atomic E-state index is 13.9. The lowest BCUT2D eigenvalue weighted by atomic mass is 10.0. The first kappa shape index (κ1) is 21.8. The Labute approximate surface area is 186 Å². The van der Waals surface area contributed by atoms with Crippen LogP contribution in [0.3, 0.4) is 0 Å². The summed E-state index contributed by atoms with van der Waals surface area (Å²) in [7, 11) is -3.97. The Morgan fingerprint density at radius 1 is 1.03 bits per heavy atom. The molecule has 0 bridgehead atoms. The molecule has 2 N–H and O–H groups in total. The van der Waals surface area contributed by atoms with E-state index in [0.717, 1.165) is 15.6 Å². The van der Waals surface area contributed by atoms with Crippen molar-refractivity contribution in [3.8, 4) is 11.1 Å². The molecule has 0 spiro atoms. The van der Waals surface area contributed by atoms with Crippen molar-refractivity contribution in [1.82, 2.24) is 9.45 Å². The zero-order valence-corrected chi connectivity index (χ0v) is 18.0. The fourth-order valence-electron chi connectivity index (χ4n) is 3.65. The zero-order chi connectivity index (χ0) is 22.6. The number of carbonyl (C=O) groups excluding carboxylic acids is 1. The van der Waals surface area contributed by atoms with Gasteiger partial charge in [-0.05, 0) is 29.3 Å². The van der Waals surface area contributed by atoms with Crippen molar-refractivity contribution in [2.45, 2.75) is 4.90 Å². The second-order valence-electron chi connectivity index (χ2n) is 7.21. The molecule has 1 fully saturated rings. The first-order chi connectivity index (χ1) is 15.5. The summed E-state index contributed by atoms with van der Waals surface area (Å²) in [4.78, 5) is 13.5. The Hall–Kier alpha value is -3.40. The zero-order valence-electron chi connectivity index (χ0n) is 17.2. The third-order valence-electron chi connectivity index (χ3n) is 5.19. The molecule has 0 aliphatic carbocycles. The van der Waals surface area contributed by atoms with E-state index in [1.807, 2.05) is 53.4 Å². The van der Waals surface area contributed by atoms with Gasteiger partial charge in [0.25, 0.3) is 15.9 Å². The first-order valence-corrected chi connectivity index (χ1v) is 11.5. The average Bonchev–Trinajstić information content (AvgIpc) is 3.33. The summed E-state index contributed by atoms with van der Waals surface area (Å²) in [5.74, 6) is -0.704. The second-order valence-corrected chi connectivity index (χ2v) is 8.99. The first-order valence-electron chi connectivity index (χ1n) is 10.1. The summed E-state index contributed by atoms with van der Waals surface area (Å²) in [5.41, 5.74) is 4.04. The van der Waals surface area contributed by atoms with Crippen LogP contribution in [0.2, 0.25) is 0 Å². The summed E-state index contributed by atoms with van der Waals surface area (Å²) >= 11 is 0. The van der Waals surface area contributed by atoms with Crippen molar-refractivity contribution in [2.24, 2.45) is 0 Å². The lowest BCUT2D eigenvalue weighted by Crippen LogP contribution is -2.37. The molecule has 9 heteroatoms. The molecule has 0 radical (unpaired) electrons. The molecular formula is C23H23N3O5S. The van der Waals surface area contributed by atoms with Gasteiger partial charge in [-0.15, -0.1) is 0 Å². The van der Waals surface area contributed by atoms with Gasteiger partial charge in [0.15, 0.2) is 0 Å². The molecule has 1 aliphatic rings. The van der Waals surface area contributed by atoms with E-state index in [1.165, 1.54) is 23.9 Å². The van der Waals surface area contributed by atoms with Crippen molar-refractivity contribution in [3.05, 3.63) is 78.6 Å². The second kappa shape index (κ2) is 9.39. The van der Waals surface area contributed by atoms with Crippen molar-refractivity contribution >= 4 is 27.7 Å². The number of hydrogen-bond donors (Lipinski definition) is 2. The van der Waals surface area contributed by atoms with Crippen LogP contribution in [0.1, 0.15) is 5.56 Å². The van der Waals surface area contributed by atoms with Gasteiger partial charge in [-0.1, -0.05) is 42.5 Å². The van der Waals surface area contributed by atoms with E-state index in [2.05, 4.69) is 0 Å². The van der Waals surface area contributed by atoms with Gasteiger partial charge >= 0.3 is 0 Å². The number of carbonyl (C=O) groups is 1. The predicted octanol–water partition coefficient (Wildman–Crippen LogP) is 2.75. The minimum atomic E-state index is -3.97. The van der Waals surface area contributed by atoms with Crippen LogP contribution in [0.15, 0.2) is 78.0 Å². The number of hydroxylamine groups is 1. The van der Waals surface area contributed by atoms with E-state index in [4.69, 9.17) is 9.94 Å². The molecule has 1 saturated heterocycles. The van der Waals surface area contributed by atoms with Crippen LogP contribution in [0.4, 0.5) is 5.69 Å². The van der Waals surface area contributed by atoms with Crippen molar-refractivity contribution in [3.63, 3.8) is 0 Å². The number of nitrogens with zero attached hydrogens (tertiary/aromatic N) is 2. The number of rotatable bonds is 6. The van der Waals surface area contributed by atoms with Crippen LogP contribution >= 0.6 is 0 Å². The molecule has 2 aromatic carbocycles. The van der Waals surface area contributed by atoms with Crippen LogP contribution in [-0.2, 0) is 19.6 Å². The van der Waals surface area contributed by atoms with Gasteiger partial charge in [0.2, 0.25) is 0 Å². The number of amides is 1. The third-order valence-corrected chi connectivity index (χ3v) is 6.92. The molecule has 8 nitrogen and oxygen atoms in total. The number of aromatic nitrogens is 1. The standard InChI is InChI=1S/C23H23N3O5S/c27-22(24-28)10-9-18-11-12-26(17-18)32(29,30)23-20(19-5-2-1-3-6-19)7-4-8-21(23)25-13-15-31-16-14-25/h1-12,17,28H,13-16H2,(H,24,27)/b10-9+. The molecule has 3 aromatic rings. The number of benzene rings is 2. The smallest absolute Gasteiger partial charge is 0.270 e. The van der Waals surface area contributed by atoms with Gasteiger partial charge < -0.3 is 9.64 Å². The highest BCUT2D eigenvalue weighted by Gasteiger charge is 2.28. The summed E-state index contributed by atoms with van der Waals surface area (Å²) in [5, 5.41) is 8.62. The van der Waals surface area contributed by atoms with E-state index in [1.54, 1.807) is 6.07 Å². The van der Waals surface area contributed by atoms with Gasteiger partial charge in [-0.3, -0.25) is 10.0 Å². The minimum absolute atomic E-state index is 0.215. The Morgan fingerprint density at radius 3 is 2.50 bits per heavy atom. The monoisotopic (exact) mass is 453 g/mol. The van der Waals surface area contributed by atoms with Crippen molar-refractivity contribution < 1.29 is 23.2 Å². The maximum Gasteiger partial charge on any atom is 0.270 e. The SMILES string of the molecule is O=C(/C=C/c1ccn(S(=O)(=O)c2c(-c3ccccc3)cccc2N2CCOCC2)c1)NO. The van der Waals surface area contributed by atoms with Crippen LogP contribution in [0, 0.1) is 0 Å². The van der Waals surface area contributed by atoms with E-state index in [9.17, 15) is 13.2 Å². The molecule has 1 amide bonds. The molecule has 0 saturated carbocycles. The number of hydrogen-bond acceptors (Lipinski definition) is 6. The normalized spacial score (nSPS) is 14.6. The van der Waals surface area contributed by atoms with Crippen molar-refractivity contribution in [1.29, 1.82) is 0 Å². The highest BCUT2D eigenvalue weighted by atomic mass is 32.2. The molecule has 166 valence electrons. The molecule has 0 atom stereocenters. The highest BCUT2D eigenvalue weighted by molar-refractivity contribution is 7.90. The lowest BCUT2D eigenvalue weighted by Gasteiger charge is -2.31. The fourth-order valence-corrected chi connectivity index (χ4v) is 5.27. The quantitative estimate of drug-likeness (QED) is 0.338. The molecule has 1 aliphatic heterocycles. The molecule has 32 heavy (non-hydrogen) atoms. The molecular weight excluding hydrogens is 430 g/mol. The van der Waals surface area contributed by atoms with E-state index in [-0.39, 0.29) is 4.90 Å². The summed E-state index contributed by atoms with van der Waals surface area (Å²) in [6, 6.07) is 16.5. The predicted molar refractivity (Wildman–Crippen MR) is 121 cm³/mol. The van der Waals surface area contributed by atoms with E-state index >= 15 is 0 Å². The van der Waals surface area contributed by atoms with Gasteiger partial charge in [-0.25, -0.2) is 17.9 Å². The molecule has 2 heterocycles. The van der Waals surface area contributed by atoms with Gasteiger partial charge in [-0.2, -0.15) is 0 Å². The van der Waals surface area contributed by atoms with Crippen LogP contribution in [-0.4, -0.2) is 49.8 Å². The molecule has 1 aromatic heterocycles. The van der Waals surface area contributed by atoms with Crippen LogP contribution < -0.4 is 10.4 Å². The lowest BCUT2D eigenvalue weighted by molar-refractivity contribution is -0.124. The van der Waals surface area contributed by atoms with Crippen LogP contribution in [0.25, 0.3) is 17.2 Å². The van der Waals surface area contributed by atoms with Gasteiger partial charge in [0.1, 0.15) is 4.90 Å². The average molecular weight is 454 g/mol. The fraction of sp³-hybridized carbons (Fsp3) is 0.174.